The minimum absolute atomic E-state index is 0.676. The lowest BCUT2D eigenvalue weighted by Gasteiger charge is -2.35. The van der Waals surface area contributed by atoms with E-state index >= 15 is 0 Å². The van der Waals surface area contributed by atoms with Crippen molar-refractivity contribution in [3.05, 3.63) is 0 Å². The molecule has 1 aliphatic heterocycles. The molecule has 1 N–H and O–H groups in total. The molecule has 17 heavy (non-hydrogen) atoms. The lowest BCUT2D eigenvalue weighted by Crippen LogP contribution is -2.44. The number of piperidine rings is 1. The fourth-order valence-corrected chi connectivity index (χ4v) is 2.69. The maximum atomic E-state index is 5.22. The Morgan fingerprint density at radius 2 is 2.24 bits per heavy atom. The molecule has 3 heteroatoms. The summed E-state index contributed by atoms with van der Waals surface area (Å²) >= 11 is 0. The summed E-state index contributed by atoms with van der Waals surface area (Å²) in [6.45, 7) is 11.3. The predicted molar refractivity (Wildman–Crippen MR) is 73.4 cm³/mol. The quantitative estimate of drug-likeness (QED) is 0.740. The van der Waals surface area contributed by atoms with Gasteiger partial charge in [-0.25, -0.2) is 0 Å². The molecule has 0 radical (unpaired) electrons. The van der Waals surface area contributed by atoms with Gasteiger partial charge in [0.25, 0.3) is 0 Å². The number of methoxy groups -OCH3 is 1. The highest BCUT2D eigenvalue weighted by molar-refractivity contribution is 4.79. The molecule has 0 spiro atoms. The average molecular weight is 242 g/mol. The number of nitrogens with zero attached hydrogens (tertiary/aromatic N) is 1. The average Bonchev–Trinajstić information content (AvgIpc) is 2.33. The molecule has 1 fully saturated rings. The van der Waals surface area contributed by atoms with E-state index in [0.29, 0.717) is 12.1 Å². The number of ether oxygens (including phenoxy) is 1. The molecule has 3 nitrogen and oxygen atoms in total. The highest BCUT2D eigenvalue weighted by Gasteiger charge is 2.22. The van der Waals surface area contributed by atoms with Crippen molar-refractivity contribution >= 4 is 0 Å². The van der Waals surface area contributed by atoms with Crippen LogP contribution in [0.4, 0.5) is 0 Å². The highest BCUT2D eigenvalue weighted by atomic mass is 16.5. The van der Waals surface area contributed by atoms with Crippen LogP contribution in [0, 0.1) is 5.92 Å². The van der Waals surface area contributed by atoms with Crippen LogP contribution in [-0.4, -0.2) is 50.3 Å². The first kappa shape index (κ1) is 14.9. The van der Waals surface area contributed by atoms with Crippen molar-refractivity contribution in [3.8, 4) is 0 Å². The Morgan fingerprint density at radius 3 is 2.82 bits per heavy atom. The fraction of sp³-hybridized carbons (Fsp3) is 1.00. The van der Waals surface area contributed by atoms with Gasteiger partial charge in [0.05, 0.1) is 6.61 Å². The number of hydrogen-bond donors (Lipinski definition) is 1. The first-order valence-corrected chi connectivity index (χ1v) is 7.13. The minimum Gasteiger partial charge on any atom is -0.383 e. The van der Waals surface area contributed by atoms with E-state index in [1.54, 1.807) is 7.11 Å². The third-order valence-electron chi connectivity index (χ3n) is 4.02. The standard InChI is InChI=1S/C14H30N2O/c1-5-13(3)16(8-9-17-4)11-14-6-7-15-12(2)10-14/h12-15H,5-11H2,1-4H3. The van der Waals surface area contributed by atoms with Gasteiger partial charge in [-0.05, 0) is 45.6 Å². The van der Waals surface area contributed by atoms with Crippen LogP contribution >= 0.6 is 0 Å². The number of hydrogen-bond acceptors (Lipinski definition) is 3. The van der Waals surface area contributed by atoms with Crippen LogP contribution in [0.5, 0.6) is 0 Å². The zero-order chi connectivity index (χ0) is 12.7. The van der Waals surface area contributed by atoms with Gasteiger partial charge >= 0.3 is 0 Å². The van der Waals surface area contributed by atoms with Crippen LogP contribution in [0.3, 0.4) is 0 Å². The maximum absolute atomic E-state index is 5.22. The Hall–Kier alpha value is -0.120. The Labute approximate surface area is 107 Å². The first-order chi connectivity index (χ1) is 8.17. The molecule has 0 aliphatic carbocycles. The maximum Gasteiger partial charge on any atom is 0.0589 e. The summed E-state index contributed by atoms with van der Waals surface area (Å²) in [5.41, 5.74) is 0. The van der Waals surface area contributed by atoms with Gasteiger partial charge < -0.3 is 10.1 Å². The van der Waals surface area contributed by atoms with Gasteiger partial charge in [-0.2, -0.15) is 0 Å². The molecule has 0 aromatic carbocycles. The van der Waals surface area contributed by atoms with E-state index in [1.807, 2.05) is 0 Å². The molecule has 102 valence electrons. The molecule has 1 heterocycles. The van der Waals surface area contributed by atoms with Crippen LogP contribution in [-0.2, 0) is 4.74 Å². The van der Waals surface area contributed by atoms with Crippen molar-refractivity contribution in [1.82, 2.24) is 10.2 Å². The van der Waals surface area contributed by atoms with Crippen LogP contribution in [0.25, 0.3) is 0 Å². The monoisotopic (exact) mass is 242 g/mol. The molecular formula is C14H30N2O. The predicted octanol–water partition coefficient (Wildman–Crippen LogP) is 2.12. The van der Waals surface area contributed by atoms with E-state index < -0.39 is 0 Å². The van der Waals surface area contributed by atoms with Gasteiger partial charge in [-0.1, -0.05) is 6.92 Å². The lowest BCUT2D eigenvalue weighted by atomic mass is 9.92. The fourth-order valence-electron chi connectivity index (χ4n) is 2.69. The second-order valence-corrected chi connectivity index (χ2v) is 5.49. The Kier molecular flexibility index (Phi) is 7.09. The topological polar surface area (TPSA) is 24.5 Å². The summed E-state index contributed by atoms with van der Waals surface area (Å²) in [4.78, 5) is 2.60. The summed E-state index contributed by atoms with van der Waals surface area (Å²) in [5, 5.41) is 3.53. The van der Waals surface area contributed by atoms with Gasteiger partial charge in [0.1, 0.15) is 0 Å². The van der Waals surface area contributed by atoms with Crippen molar-refractivity contribution < 1.29 is 4.74 Å². The molecule has 0 aromatic rings. The molecule has 3 unspecified atom stereocenters. The summed E-state index contributed by atoms with van der Waals surface area (Å²) in [7, 11) is 1.79. The van der Waals surface area contributed by atoms with Crippen molar-refractivity contribution in [2.45, 2.75) is 52.1 Å². The van der Waals surface area contributed by atoms with E-state index in [0.717, 1.165) is 19.1 Å². The van der Waals surface area contributed by atoms with E-state index in [9.17, 15) is 0 Å². The molecule has 0 bridgehead atoms. The van der Waals surface area contributed by atoms with Gasteiger partial charge in [-0.15, -0.1) is 0 Å². The van der Waals surface area contributed by atoms with Gasteiger partial charge in [0.15, 0.2) is 0 Å². The summed E-state index contributed by atoms with van der Waals surface area (Å²) in [6, 6.07) is 1.37. The van der Waals surface area contributed by atoms with Gasteiger partial charge in [0.2, 0.25) is 0 Å². The largest absolute Gasteiger partial charge is 0.383 e. The van der Waals surface area contributed by atoms with E-state index in [1.165, 1.54) is 32.4 Å². The summed E-state index contributed by atoms with van der Waals surface area (Å²) < 4.78 is 5.22. The first-order valence-electron chi connectivity index (χ1n) is 7.13. The van der Waals surface area contributed by atoms with E-state index in [2.05, 4.69) is 31.0 Å². The zero-order valence-electron chi connectivity index (χ0n) is 12.0. The lowest BCUT2D eigenvalue weighted by molar-refractivity contribution is 0.0999. The van der Waals surface area contributed by atoms with Gasteiger partial charge in [-0.3, -0.25) is 4.90 Å². The third kappa shape index (κ3) is 5.36. The smallest absolute Gasteiger partial charge is 0.0589 e. The molecule has 0 amide bonds. The van der Waals surface area contributed by atoms with Crippen molar-refractivity contribution in [3.63, 3.8) is 0 Å². The molecule has 0 aromatic heterocycles. The molecule has 3 atom stereocenters. The van der Waals surface area contributed by atoms with Crippen LogP contribution in [0.1, 0.15) is 40.0 Å². The van der Waals surface area contributed by atoms with Crippen molar-refractivity contribution in [2.75, 3.05) is 33.4 Å². The second kappa shape index (κ2) is 8.06. The Bertz CT molecular complexity index is 199. The molecular weight excluding hydrogens is 212 g/mol. The summed E-state index contributed by atoms with van der Waals surface area (Å²) in [6.07, 6.45) is 3.87. The van der Waals surface area contributed by atoms with E-state index in [4.69, 9.17) is 4.74 Å². The van der Waals surface area contributed by atoms with E-state index in [-0.39, 0.29) is 0 Å². The highest BCUT2D eigenvalue weighted by Crippen LogP contribution is 2.19. The molecule has 1 saturated heterocycles. The molecule has 1 aliphatic rings. The molecule has 0 saturated carbocycles. The second-order valence-electron chi connectivity index (χ2n) is 5.49. The Morgan fingerprint density at radius 1 is 1.47 bits per heavy atom. The zero-order valence-corrected chi connectivity index (χ0v) is 12.0. The number of rotatable bonds is 7. The van der Waals surface area contributed by atoms with Gasteiger partial charge in [0, 0.05) is 32.3 Å². The Balaban J connectivity index is 2.40. The van der Waals surface area contributed by atoms with Crippen LogP contribution in [0.15, 0.2) is 0 Å². The molecule has 1 rings (SSSR count). The van der Waals surface area contributed by atoms with Crippen molar-refractivity contribution in [2.24, 2.45) is 5.92 Å². The normalized spacial score (nSPS) is 27.4. The van der Waals surface area contributed by atoms with Crippen molar-refractivity contribution in [1.29, 1.82) is 0 Å². The number of nitrogens with one attached hydrogen (secondary N) is 1. The third-order valence-corrected chi connectivity index (χ3v) is 4.02. The van der Waals surface area contributed by atoms with Crippen LogP contribution in [0.2, 0.25) is 0 Å². The summed E-state index contributed by atoms with van der Waals surface area (Å²) in [5.74, 6) is 0.858. The SMILES string of the molecule is CCC(C)N(CCOC)CC1CCNC(C)C1. The minimum atomic E-state index is 0.676. The van der Waals surface area contributed by atoms with Crippen LogP contribution < -0.4 is 5.32 Å².